The summed E-state index contributed by atoms with van der Waals surface area (Å²) in [5, 5.41) is 0. The molecule has 2 aliphatic heterocycles. The SMILES string of the molecule is C1=CC2c3ccccc3N(c3ccc(-c4ccc(N5c6ccccc6C6CCC=CC65)cc4)cc3)C2C=C1. The van der Waals surface area contributed by atoms with Crippen molar-refractivity contribution in [2.45, 2.75) is 36.8 Å². The predicted octanol–water partition coefficient (Wildman–Crippen LogP) is 9.04. The Hall–Kier alpha value is -4.30. The molecule has 8 rings (SSSR count). The number of anilines is 4. The molecule has 0 radical (unpaired) electrons. The van der Waals surface area contributed by atoms with Gasteiger partial charge in [-0.2, -0.15) is 0 Å². The second-order valence-corrected chi connectivity index (χ2v) is 10.8. The highest BCUT2D eigenvalue weighted by molar-refractivity contribution is 5.79. The van der Waals surface area contributed by atoms with Crippen LogP contribution in [0.15, 0.2) is 134 Å². The van der Waals surface area contributed by atoms with Crippen molar-refractivity contribution in [1.82, 2.24) is 0 Å². The number of rotatable bonds is 3. The van der Waals surface area contributed by atoms with Crippen LogP contribution in [0.4, 0.5) is 22.7 Å². The van der Waals surface area contributed by atoms with Crippen molar-refractivity contribution in [3.05, 3.63) is 145 Å². The van der Waals surface area contributed by atoms with Crippen LogP contribution in [0, 0.1) is 0 Å². The van der Waals surface area contributed by atoms with E-state index in [0.29, 0.717) is 23.9 Å². The zero-order chi connectivity index (χ0) is 25.1. The largest absolute Gasteiger partial charge is 0.334 e. The fourth-order valence-corrected chi connectivity index (χ4v) is 7.13. The maximum atomic E-state index is 2.54. The zero-order valence-electron chi connectivity index (χ0n) is 21.3. The lowest BCUT2D eigenvalue weighted by atomic mass is 9.86. The Morgan fingerprint density at radius 1 is 0.526 bits per heavy atom. The Balaban J connectivity index is 1.09. The van der Waals surface area contributed by atoms with Crippen LogP contribution in [0.1, 0.15) is 35.8 Å². The summed E-state index contributed by atoms with van der Waals surface area (Å²) in [5.41, 5.74) is 10.6. The summed E-state index contributed by atoms with van der Waals surface area (Å²) < 4.78 is 0. The number of hydrogen-bond donors (Lipinski definition) is 0. The van der Waals surface area contributed by atoms with E-state index in [1.165, 1.54) is 57.8 Å². The van der Waals surface area contributed by atoms with E-state index < -0.39 is 0 Å². The minimum atomic E-state index is 0.337. The van der Waals surface area contributed by atoms with Crippen LogP contribution in [0.5, 0.6) is 0 Å². The summed E-state index contributed by atoms with van der Waals surface area (Å²) in [6.07, 6.45) is 16.2. The van der Waals surface area contributed by atoms with E-state index in [-0.39, 0.29) is 0 Å². The summed E-state index contributed by atoms with van der Waals surface area (Å²) in [6, 6.07) is 36.8. The molecule has 0 saturated heterocycles. The number of benzene rings is 4. The number of fused-ring (bicyclic) bond motifs is 6. The molecule has 184 valence electrons. The van der Waals surface area contributed by atoms with Crippen LogP contribution >= 0.6 is 0 Å². The molecule has 2 nitrogen and oxygen atoms in total. The summed E-state index contributed by atoms with van der Waals surface area (Å²) in [6.45, 7) is 0. The third kappa shape index (κ3) is 3.26. The molecule has 38 heavy (non-hydrogen) atoms. The lowest BCUT2D eigenvalue weighted by molar-refractivity contribution is 0.573. The summed E-state index contributed by atoms with van der Waals surface area (Å²) in [5.74, 6) is 1.01. The van der Waals surface area contributed by atoms with E-state index in [1.807, 2.05) is 0 Å². The Morgan fingerprint density at radius 3 is 1.82 bits per heavy atom. The van der Waals surface area contributed by atoms with E-state index in [1.54, 1.807) is 0 Å². The standard InChI is InChI=1S/C36H30N2/c1-5-13-33-29(9-1)30-10-2-6-14-34(30)37(33)27-21-17-25(18-22-27)26-19-23-28(24-20-26)38-35-15-7-3-11-31(35)32-12-4-8-16-36(32)38/h1-3,5-11,13-24,29,32-33,36H,4,12H2. The molecule has 4 atom stereocenters. The van der Waals surface area contributed by atoms with E-state index in [2.05, 4.69) is 143 Å². The highest BCUT2D eigenvalue weighted by Crippen LogP contribution is 2.50. The van der Waals surface area contributed by atoms with Gasteiger partial charge in [-0.25, -0.2) is 0 Å². The predicted molar refractivity (Wildman–Crippen MR) is 159 cm³/mol. The Labute approximate surface area is 224 Å². The topological polar surface area (TPSA) is 6.48 Å². The third-order valence-corrected chi connectivity index (χ3v) is 8.87. The van der Waals surface area contributed by atoms with Crippen molar-refractivity contribution < 1.29 is 0 Å². The minimum Gasteiger partial charge on any atom is -0.334 e. The van der Waals surface area contributed by atoms with E-state index in [0.717, 1.165) is 0 Å². The van der Waals surface area contributed by atoms with Gasteiger partial charge >= 0.3 is 0 Å². The van der Waals surface area contributed by atoms with Crippen LogP contribution in [0.3, 0.4) is 0 Å². The Bertz CT molecular complexity index is 1550. The van der Waals surface area contributed by atoms with Crippen LogP contribution in [-0.2, 0) is 0 Å². The van der Waals surface area contributed by atoms with Crippen LogP contribution in [0.2, 0.25) is 0 Å². The van der Waals surface area contributed by atoms with Gasteiger partial charge in [0.2, 0.25) is 0 Å². The van der Waals surface area contributed by atoms with Crippen LogP contribution < -0.4 is 9.80 Å². The van der Waals surface area contributed by atoms with Gasteiger partial charge in [0.1, 0.15) is 0 Å². The highest BCUT2D eigenvalue weighted by atomic mass is 15.2. The molecule has 0 aromatic heterocycles. The molecular weight excluding hydrogens is 460 g/mol. The first-order valence-corrected chi connectivity index (χ1v) is 13.9. The first-order valence-electron chi connectivity index (χ1n) is 13.9. The fraction of sp³-hybridized carbons (Fsp3) is 0.167. The van der Waals surface area contributed by atoms with Gasteiger partial charge in [0.15, 0.2) is 0 Å². The van der Waals surface area contributed by atoms with Crippen LogP contribution in [0.25, 0.3) is 11.1 Å². The lowest BCUT2D eigenvalue weighted by Gasteiger charge is -2.30. The summed E-state index contributed by atoms with van der Waals surface area (Å²) in [4.78, 5) is 5.03. The molecule has 4 unspecified atom stereocenters. The molecule has 0 N–H and O–H groups in total. The van der Waals surface area contributed by atoms with Gasteiger partial charge in [-0.3, -0.25) is 0 Å². The number of allylic oxidation sites excluding steroid dienone is 3. The molecule has 0 fully saturated rings. The van der Waals surface area contributed by atoms with Gasteiger partial charge in [0.05, 0.1) is 12.1 Å². The molecule has 0 saturated carbocycles. The van der Waals surface area contributed by atoms with Gasteiger partial charge in [-0.1, -0.05) is 97.1 Å². The number of hydrogen-bond acceptors (Lipinski definition) is 2. The Morgan fingerprint density at radius 2 is 1.11 bits per heavy atom. The summed E-state index contributed by atoms with van der Waals surface area (Å²) in [7, 11) is 0. The van der Waals surface area contributed by atoms with Crippen molar-refractivity contribution in [3.8, 4) is 11.1 Å². The normalized spacial score (nSPS) is 24.2. The van der Waals surface area contributed by atoms with Crippen molar-refractivity contribution >= 4 is 22.7 Å². The molecule has 2 heteroatoms. The molecule has 0 bridgehead atoms. The van der Waals surface area contributed by atoms with E-state index in [4.69, 9.17) is 0 Å². The second kappa shape index (κ2) is 8.63. The van der Waals surface area contributed by atoms with Gasteiger partial charge in [0.25, 0.3) is 0 Å². The fourth-order valence-electron chi connectivity index (χ4n) is 7.13. The maximum absolute atomic E-state index is 2.54. The Kier molecular flexibility index (Phi) is 4.94. The van der Waals surface area contributed by atoms with E-state index >= 15 is 0 Å². The quantitative estimate of drug-likeness (QED) is 0.264. The lowest BCUT2D eigenvalue weighted by Crippen LogP contribution is -2.29. The van der Waals surface area contributed by atoms with Gasteiger partial charge < -0.3 is 9.80 Å². The number of para-hydroxylation sites is 2. The number of nitrogens with zero attached hydrogens (tertiary/aromatic N) is 2. The molecule has 4 aromatic rings. The third-order valence-electron chi connectivity index (χ3n) is 8.87. The smallest absolute Gasteiger partial charge is 0.0629 e. The van der Waals surface area contributed by atoms with E-state index in [9.17, 15) is 0 Å². The zero-order valence-corrected chi connectivity index (χ0v) is 21.3. The average molecular weight is 491 g/mol. The van der Waals surface area contributed by atoms with Crippen molar-refractivity contribution in [1.29, 1.82) is 0 Å². The first-order chi connectivity index (χ1) is 18.9. The molecule has 2 aliphatic carbocycles. The van der Waals surface area contributed by atoms with Crippen molar-refractivity contribution in [3.63, 3.8) is 0 Å². The van der Waals surface area contributed by atoms with Crippen molar-refractivity contribution in [2.24, 2.45) is 0 Å². The van der Waals surface area contributed by atoms with Gasteiger partial charge in [-0.15, -0.1) is 0 Å². The average Bonchev–Trinajstić information content (AvgIpc) is 3.51. The first kappa shape index (κ1) is 21.8. The monoisotopic (exact) mass is 490 g/mol. The van der Waals surface area contributed by atoms with Gasteiger partial charge in [-0.05, 0) is 71.5 Å². The summed E-state index contributed by atoms with van der Waals surface area (Å²) >= 11 is 0. The molecular formula is C36H30N2. The molecule has 2 heterocycles. The highest BCUT2D eigenvalue weighted by Gasteiger charge is 2.39. The molecule has 4 aliphatic rings. The van der Waals surface area contributed by atoms with Gasteiger partial charge in [0, 0.05) is 34.6 Å². The van der Waals surface area contributed by atoms with Crippen molar-refractivity contribution in [2.75, 3.05) is 9.80 Å². The molecule has 0 amide bonds. The minimum absolute atomic E-state index is 0.337. The molecule has 0 spiro atoms. The molecule has 4 aromatic carbocycles. The second-order valence-electron chi connectivity index (χ2n) is 10.8. The van der Waals surface area contributed by atoms with Crippen LogP contribution in [-0.4, -0.2) is 12.1 Å². The maximum Gasteiger partial charge on any atom is 0.0629 e.